The monoisotopic (exact) mass is 269 g/mol. The molecule has 0 saturated heterocycles. The number of carbonyl (C=O) groups is 1. The van der Waals surface area contributed by atoms with Gasteiger partial charge < -0.3 is 10.5 Å². The molecule has 0 aliphatic heterocycles. The highest BCUT2D eigenvalue weighted by molar-refractivity contribution is 5.96. The average Bonchev–Trinajstić information content (AvgIpc) is 2.47. The van der Waals surface area contributed by atoms with Crippen LogP contribution >= 0.6 is 0 Å². The zero-order chi connectivity index (χ0) is 14.4. The van der Waals surface area contributed by atoms with Gasteiger partial charge >= 0.3 is 0 Å². The molecule has 0 aromatic heterocycles. The molecule has 2 rings (SSSR count). The number of carbonyl (C=O) groups excluding carboxylic acids is 1. The summed E-state index contributed by atoms with van der Waals surface area (Å²) in [6, 6.07) is 15.5. The SMILES string of the molecule is Cc1cc(C(=O)CCN)ccc1OCc1ccccc1. The fourth-order valence-corrected chi connectivity index (χ4v) is 2.00. The molecule has 0 spiro atoms. The number of hydrogen-bond donors (Lipinski definition) is 1. The van der Waals surface area contributed by atoms with Gasteiger partial charge in [0.1, 0.15) is 12.4 Å². The van der Waals surface area contributed by atoms with Crippen LogP contribution in [0.2, 0.25) is 0 Å². The van der Waals surface area contributed by atoms with E-state index < -0.39 is 0 Å². The summed E-state index contributed by atoms with van der Waals surface area (Å²) in [5.74, 6) is 0.878. The number of benzene rings is 2. The van der Waals surface area contributed by atoms with Crippen molar-refractivity contribution in [3.8, 4) is 5.75 Å². The lowest BCUT2D eigenvalue weighted by molar-refractivity contribution is 0.0985. The molecule has 0 heterocycles. The molecule has 0 fully saturated rings. The Bertz CT molecular complexity index is 579. The van der Waals surface area contributed by atoms with E-state index in [1.54, 1.807) is 6.07 Å². The first-order valence-corrected chi connectivity index (χ1v) is 6.71. The predicted molar refractivity (Wildman–Crippen MR) is 80.0 cm³/mol. The van der Waals surface area contributed by atoms with Gasteiger partial charge in [-0.25, -0.2) is 0 Å². The summed E-state index contributed by atoms with van der Waals surface area (Å²) in [4.78, 5) is 11.8. The molecular weight excluding hydrogens is 250 g/mol. The molecule has 0 unspecified atom stereocenters. The Kier molecular flexibility index (Phi) is 4.91. The number of rotatable bonds is 6. The molecule has 0 aliphatic carbocycles. The van der Waals surface area contributed by atoms with Crippen molar-refractivity contribution in [2.75, 3.05) is 6.54 Å². The first-order valence-electron chi connectivity index (χ1n) is 6.71. The van der Waals surface area contributed by atoms with Gasteiger partial charge in [-0.2, -0.15) is 0 Å². The van der Waals surface area contributed by atoms with Gasteiger partial charge in [0.25, 0.3) is 0 Å². The van der Waals surface area contributed by atoms with Crippen LogP contribution in [-0.2, 0) is 6.61 Å². The van der Waals surface area contributed by atoms with Gasteiger partial charge in [-0.1, -0.05) is 30.3 Å². The van der Waals surface area contributed by atoms with Gasteiger partial charge in [0.2, 0.25) is 0 Å². The van der Waals surface area contributed by atoms with Gasteiger partial charge in [-0.3, -0.25) is 4.79 Å². The molecule has 3 heteroatoms. The van der Waals surface area contributed by atoms with E-state index in [9.17, 15) is 4.79 Å². The predicted octanol–water partition coefficient (Wildman–Crippen LogP) is 3.11. The normalized spacial score (nSPS) is 10.3. The highest BCUT2D eigenvalue weighted by Gasteiger charge is 2.07. The van der Waals surface area contributed by atoms with E-state index in [1.807, 2.05) is 49.4 Å². The summed E-state index contributed by atoms with van der Waals surface area (Å²) in [5, 5.41) is 0. The summed E-state index contributed by atoms with van der Waals surface area (Å²) in [7, 11) is 0. The van der Waals surface area contributed by atoms with Gasteiger partial charge in [-0.05, 0) is 42.8 Å². The molecule has 0 saturated carbocycles. The minimum atomic E-state index is 0.0743. The third-order valence-corrected chi connectivity index (χ3v) is 3.11. The summed E-state index contributed by atoms with van der Waals surface area (Å²) in [6.07, 6.45) is 0.379. The van der Waals surface area contributed by atoms with Crippen LogP contribution in [0, 0.1) is 6.92 Å². The lowest BCUT2D eigenvalue weighted by atomic mass is 10.1. The number of ketones is 1. The second-order valence-corrected chi connectivity index (χ2v) is 4.72. The molecule has 20 heavy (non-hydrogen) atoms. The highest BCUT2D eigenvalue weighted by Crippen LogP contribution is 2.21. The number of Topliss-reactive ketones (excluding diaryl/α,β-unsaturated/α-hetero) is 1. The Balaban J connectivity index is 2.04. The van der Waals surface area contributed by atoms with Crippen molar-refractivity contribution in [3.63, 3.8) is 0 Å². The Hall–Kier alpha value is -2.13. The molecule has 104 valence electrons. The topological polar surface area (TPSA) is 52.3 Å². The van der Waals surface area contributed by atoms with Crippen molar-refractivity contribution >= 4 is 5.78 Å². The Morgan fingerprint density at radius 1 is 1.15 bits per heavy atom. The Labute approximate surface area is 119 Å². The van der Waals surface area contributed by atoms with Crippen molar-refractivity contribution in [2.24, 2.45) is 5.73 Å². The second kappa shape index (κ2) is 6.87. The number of ether oxygens (including phenoxy) is 1. The lowest BCUT2D eigenvalue weighted by Crippen LogP contribution is -2.08. The van der Waals surface area contributed by atoms with Crippen LogP contribution in [0.1, 0.15) is 27.9 Å². The van der Waals surface area contributed by atoms with Crippen molar-refractivity contribution in [2.45, 2.75) is 20.0 Å². The third kappa shape index (κ3) is 3.68. The number of hydrogen-bond acceptors (Lipinski definition) is 3. The zero-order valence-electron chi connectivity index (χ0n) is 11.6. The molecule has 2 N–H and O–H groups in total. The molecule has 0 bridgehead atoms. The maximum absolute atomic E-state index is 11.8. The van der Waals surface area contributed by atoms with E-state index in [0.717, 1.165) is 16.9 Å². The van der Waals surface area contributed by atoms with Crippen LogP contribution in [0.25, 0.3) is 0 Å². The second-order valence-electron chi connectivity index (χ2n) is 4.72. The number of aryl methyl sites for hydroxylation is 1. The summed E-state index contributed by atoms with van der Waals surface area (Å²) >= 11 is 0. The van der Waals surface area contributed by atoms with E-state index in [0.29, 0.717) is 25.1 Å². The van der Waals surface area contributed by atoms with E-state index in [2.05, 4.69) is 0 Å². The van der Waals surface area contributed by atoms with Crippen LogP contribution in [-0.4, -0.2) is 12.3 Å². The first-order chi connectivity index (χ1) is 9.70. The molecule has 2 aromatic rings. The molecule has 0 atom stereocenters. The highest BCUT2D eigenvalue weighted by atomic mass is 16.5. The quantitative estimate of drug-likeness (QED) is 0.820. The third-order valence-electron chi connectivity index (χ3n) is 3.11. The Morgan fingerprint density at radius 2 is 1.90 bits per heavy atom. The minimum absolute atomic E-state index is 0.0743. The zero-order valence-corrected chi connectivity index (χ0v) is 11.6. The average molecular weight is 269 g/mol. The van der Waals surface area contributed by atoms with E-state index in [1.165, 1.54) is 0 Å². The van der Waals surface area contributed by atoms with Crippen LogP contribution < -0.4 is 10.5 Å². The van der Waals surface area contributed by atoms with E-state index in [4.69, 9.17) is 10.5 Å². The molecule has 3 nitrogen and oxygen atoms in total. The van der Waals surface area contributed by atoms with Crippen molar-refractivity contribution in [1.82, 2.24) is 0 Å². The van der Waals surface area contributed by atoms with Gasteiger partial charge in [0, 0.05) is 12.0 Å². The van der Waals surface area contributed by atoms with Gasteiger partial charge in [0.05, 0.1) is 0 Å². The van der Waals surface area contributed by atoms with E-state index in [-0.39, 0.29) is 5.78 Å². The molecular formula is C17H19NO2. The molecule has 0 amide bonds. The lowest BCUT2D eigenvalue weighted by Gasteiger charge is -2.10. The van der Waals surface area contributed by atoms with Gasteiger partial charge in [0.15, 0.2) is 5.78 Å². The fourth-order valence-electron chi connectivity index (χ4n) is 2.00. The Morgan fingerprint density at radius 3 is 2.55 bits per heavy atom. The maximum atomic E-state index is 11.8. The van der Waals surface area contributed by atoms with Crippen LogP contribution in [0.15, 0.2) is 48.5 Å². The van der Waals surface area contributed by atoms with Crippen molar-refractivity contribution < 1.29 is 9.53 Å². The van der Waals surface area contributed by atoms with Crippen molar-refractivity contribution in [3.05, 3.63) is 65.2 Å². The maximum Gasteiger partial charge on any atom is 0.164 e. The smallest absolute Gasteiger partial charge is 0.164 e. The molecule has 0 radical (unpaired) electrons. The van der Waals surface area contributed by atoms with Crippen LogP contribution in [0.3, 0.4) is 0 Å². The summed E-state index contributed by atoms with van der Waals surface area (Å²) in [5.41, 5.74) is 8.18. The van der Waals surface area contributed by atoms with Crippen molar-refractivity contribution in [1.29, 1.82) is 0 Å². The van der Waals surface area contributed by atoms with E-state index >= 15 is 0 Å². The van der Waals surface area contributed by atoms with Crippen LogP contribution in [0.5, 0.6) is 5.75 Å². The summed E-state index contributed by atoms with van der Waals surface area (Å²) in [6.45, 7) is 2.85. The molecule has 2 aromatic carbocycles. The first kappa shape index (κ1) is 14.3. The van der Waals surface area contributed by atoms with Crippen LogP contribution in [0.4, 0.5) is 0 Å². The largest absolute Gasteiger partial charge is 0.489 e. The summed E-state index contributed by atoms with van der Waals surface area (Å²) < 4.78 is 5.78. The number of nitrogens with two attached hydrogens (primary N) is 1. The molecule has 0 aliphatic rings. The standard InChI is InChI=1S/C17H19NO2/c1-13-11-15(16(19)9-10-18)7-8-17(13)20-12-14-5-3-2-4-6-14/h2-8,11H,9-10,12,18H2,1H3. The minimum Gasteiger partial charge on any atom is -0.489 e. The fraction of sp³-hybridized carbons (Fsp3) is 0.235. The van der Waals surface area contributed by atoms with Gasteiger partial charge in [-0.15, -0.1) is 0 Å².